The second-order valence-corrected chi connectivity index (χ2v) is 7.77. The second kappa shape index (κ2) is 12.0. The van der Waals surface area contributed by atoms with E-state index in [2.05, 4.69) is 24.5 Å². The molecule has 0 spiro atoms. The Bertz CT molecular complexity index is 296. The SMILES string of the molecule is CCSCC(C)NC(CCCNC(=O)OC(C)(C)C)COC. The van der Waals surface area contributed by atoms with Crippen molar-refractivity contribution in [1.29, 1.82) is 0 Å². The van der Waals surface area contributed by atoms with Gasteiger partial charge in [0.2, 0.25) is 0 Å². The average molecular weight is 335 g/mol. The molecule has 0 rings (SSSR count). The van der Waals surface area contributed by atoms with Crippen molar-refractivity contribution in [2.24, 2.45) is 0 Å². The summed E-state index contributed by atoms with van der Waals surface area (Å²) in [6, 6.07) is 0.779. The van der Waals surface area contributed by atoms with Gasteiger partial charge < -0.3 is 20.1 Å². The van der Waals surface area contributed by atoms with Crippen molar-refractivity contribution in [1.82, 2.24) is 10.6 Å². The lowest BCUT2D eigenvalue weighted by molar-refractivity contribution is 0.0526. The quantitative estimate of drug-likeness (QED) is 0.569. The molecule has 2 N–H and O–H groups in total. The van der Waals surface area contributed by atoms with Crippen LogP contribution in [0.1, 0.15) is 47.5 Å². The van der Waals surface area contributed by atoms with E-state index >= 15 is 0 Å². The first-order chi connectivity index (χ1) is 10.3. The zero-order valence-electron chi connectivity index (χ0n) is 15.0. The molecular weight excluding hydrogens is 300 g/mol. The minimum atomic E-state index is -0.448. The summed E-state index contributed by atoms with van der Waals surface area (Å²) in [5.41, 5.74) is -0.448. The number of hydrogen-bond acceptors (Lipinski definition) is 5. The molecule has 6 heteroatoms. The fraction of sp³-hybridized carbons (Fsp3) is 0.938. The monoisotopic (exact) mass is 334 g/mol. The maximum Gasteiger partial charge on any atom is 0.407 e. The molecule has 0 saturated heterocycles. The van der Waals surface area contributed by atoms with Gasteiger partial charge in [-0.2, -0.15) is 11.8 Å². The first kappa shape index (κ1) is 21.5. The van der Waals surface area contributed by atoms with Gasteiger partial charge in [0.1, 0.15) is 5.60 Å². The Morgan fingerprint density at radius 1 is 1.32 bits per heavy atom. The molecular formula is C16H34N2O3S. The zero-order valence-corrected chi connectivity index (χ0v) is 15.8. The Morgan fingerprint density at radius 3 is 2.55 bits per heavy atom. The summed E-state index contributed by atoms with van der Waals surface area (Å²) in [7, 11) is 1.72. The molecule has 0 radical (unpaired) electrons. The molecule has 0 heterocycles. The summed E-state index contributed by atoms with van der Waals surface area (Å²) in [6.45, 7) is 11.3. The molecule has 0 aliphatic carbocycles. The molecule has 132 valence electrons. The van der Waals surface area contributed by atoms with Gasteiger partial charge in [0.05, 0.1) is 6.61 Å². The fourth-order valence-electron chi connectivity index (χ4n) is 2.01. The van der Waals surface area contributed by atoms with E-state index in [-0.39, 0.29) is 6.09 Å². The Hall–Kier alpha value is -0.460. The van der Waals surface area contributed by atoms with Crippen LogP contribution in [0.3, 0.4) is 0 Å². The molecule has 2 unspecified atom stereocenters. The third-order valence-corrected chi connectivity index (χ3v) is 4.00. The van der Waals surface area contributed by atoms with Crippen LogP contribution in [0.25, 0.3) is 0 Å². The van der Waals surface area contributed by atoms with Gasteiger partial charge in [-0.05, 0) is 46.3 Å². The summed E-state index contributed by atoms with van der Waals surface area (Å²) in [5.74, 6) is 2.24. The highest BCUT2D eigenvalue weighted by Gasteiger charge is 2.16. The molecule has 2 atom stereocenters. The number of thioether (sulfide) groups is 1. The van der Waals surface area contributed by atoms with Gasteiger partial charge in [-0.3, -0.25) is 0 Å². The molecule has 0 aromatic rings. The Labute approximate surface area is 140 Å². The fourth-order valence-corrected chi connectivity index (χ4v) is 2.70. The van der Waals surface area contributed by atoms with E-state index < -0.39 is 5.60 Å². The molecule has 0 bridgehead atoms. The van der Waals surface area contributed by atoms with Crippen LogP contribution in [0.2, 0.25) is 0 Å². The Kier molecular flexibility index (Phi) is 11.8. The van der Waals surface area contributed by atoms with Crippen molar-refractivity contribution in [3.63, 3.8) is 0 Å². The summed E-state index contributed by atoms with van der Waals surface area (Å²) >= 11 is 1.94. The van der Waals surface area contributed by atoms with E-state index in [0.717, 1.165) is 24.3 Å². The molecule has 1 amide bonds. The summed E-state index contributed by atoms with van der Waals surface area (Å²) < 4.78 is 10.5. The number of methoxy groups -OCH3 is 1. The van der Waals surface area contributed by atoms with Gasteiger partial charge in [-0.1, -0.05) is 6.92 Å². The largest absolute Gasteiger partial charge is 0.444 e. The van der Waals surface area contributed by atoms with Crippen LogP contribution in [0.4, 0.5) is 4.79 Å². The van der Waals surface area contributed by atoms with Crippen molar-refractivity contribution in [3.8, 4) is 0 Å². The molecule has 0 aliphatic heterocycles. The number of hydrogen-bond donors (Lipinski definition) is 2. The van der Waals surface area contributed by atoms with Crippen LogP contribution >= 0.6 is 11.8 Å². The number of carbonyl (C=O) groups is 1. The zero-order chi connectivity index (χ0) is 17.0. The third kappa shape index (κ3) is 13.2. The van der Waals surface area contributed by atoms with E-state index in [1.165, 1.54) is 0 Å². The lowest BCUT2D eigenvalue weighted by Gasteiger charge is -2.23. The van der Waals surface area contributed by atoms with E-state index in [1.54, 1.807) is 7.11 Å². The van der Waals surface area contributed by atoms with Crippen LogP contribution in [-0.2, 0) is 9.47 Å². The number of ether oxygens (including phenoxy) is 2. The van der Waals surface area contributed by atoms with Gasteiger partial charge in [0.15, 0.2) is 0 Å². The van der Waals surface area contributed by atoms with Gasteiger partial charge >= 0.3 is 6.09 Å². The highest BCUT2D eigenvalue weighted by atomic mass is 32.2. The lowest BCUT2D eigenvalue weighted by atomic mass is 10.1. The number of carbonyl (C=O) groups excluding carboxylic acids is 1. The minimum absolute atomic E-state index is 0.317. The molecule has 0 aliphatic rings. The Morgan fingerprint density at radius 2 is 2.00 bits per heavy atom. The lowest BCUT2D eigenvalue weighted by Crippen LogP contribution is -2.41. The smallest absolute Gasteiger partial charge is 0.407 e. The van der Waals surface area contributed by atoms with Gasteiger partial charge in [-0.15, -0.1) is 0 Å². The minimum Gasteiger partial charge on any atom is -0.444 e. The second-order valence-electron chi connectivity index (χ2n) is 6.45. The normalized spacial score (nSPS) is 14.5. The maximum absolute atomic E-state index is 11.5. The van der Waals surface area contributed by atoms with Crippen LogP contribution in [0.15, 0.2) is 0 Å². The van der Waals surface area contributed by atoms with E-state index in [0.29, 0.717) is 25.2 Å². The standard InChI is InChI=1S/C16H34N2O3S/c1-7-22-12-13(2)18-14(11-20-6)9-8-10-17-15(19)21-16(3,4)5/h13-14,18H,7-12H2,1-6H3,(H,17,19). The van der Waals surface area contributed by atoms with Crippen molar-refractivity contribution in [2.45, 2.75) is 65.1 Å². The summed E-state index contributed by atoms with van der Waals surface area (Å²) in [6.07, 6.45) is 1.51. The molecule has 22 heavy (non-hydrogen) atoms. The summed E-state index contributed by atoms with van der Waals surface area (Å²) in [5, 5.41) is 6.38. The van der Waals surface area contributed by atoms with Gasteiger partial charge in [0, 0.05) is 31.5 Å². The topological polar surface area (TPSA) is 59.6 Å². The predicted molar refractivity (Wildman–Crippen MR) is 94.7 cm³/mol. The van der Waals surface area contributed by atoms with Crippen LogP contribution in [0, 0.1) is 0 Å². The van der Waals surface area contributed by atoms with Crippen LogP contribution in [-0.4, -0.2) is 55.5 Å². The molecule has 0 aromatic heterocycles. The highest BCUT2D eigenvalue weighted by Crippen LogP contribution is 2.07. The number of amides is 1. The Balaban J connectivity index is 3.92. The van der Waals surface area contributed by atoms with Crippen LogP contribution in [0.5, 0.6) is 0 Å². The van der Waals surface area contributed by atoms with E-state index in [4.69, 9.17) is 9.47 Å². The number of nitrogens with one attached hydrogen (secondary N) is 2. The predicted octanol–water partition coefficient (Wildman–Crippen LogP) is 3.04. The first-order valence-electron chi connectivity index (χ1n) is 8.08. The molecule has 0 saturated carbocycles. The number of rotatable bonds is 11. The van der Waals surface area contributed by atoms with Crippen molar-refractivity contribution >= 4 is 17.9 Å². The van der Waals surface area contributed by atoms with E-state index in [1.807, 2.05) is 32.5 Å². The highest BCUT2D eigenvalue weighted by molar-refractivity contribution is 7.99. The van der Waals surface area contributed by atoms with Crippen molar-refractivity contribution < 1.29 is 14.3 Å². The van der Waals surface area contributed by atoms with E-state index in [9.17, 15) is 4.79 Å². The van der Waals surface area contributed by atoms with Gasteiger partial charge in [0.25, 0.3) is 0 Å². The van der Waals surface area contributed by atoms with Crippen molar-refractivity contribution in [2.75, 3.05) is 31.8 Å². The third-order valence-electron chi connectivity index (χ3n) is 2.86. The molecule has 0 fully saturated rings. The first-order valence-corrected chi connectivity index (χ1v) is 9.23. The maximum atomic E-state index is 11.5. The number of alkyl carbamates (subject to hydrolysis) is 1. The van der Waals surface area contributed by atoms with Crippen molar-refractivity contribution in [3.05, 3.63) is 0 Å². The van der Waals surface area contributed by atoms with Crippen LogP contribution < -0.4 is 10.6 Å². The van der Waals surface area contributed by atoms with Gasteiger partial charge in [-0.25, -0.2) is 4.79 Å². The average Bonchev–Trinajstić information content (AvgIpc) is 2.39. The summed E-state index contributed by atoms with van der Waals surface area (Å²) in [4.78, 5) is 11.5. The molecule has 5 nitrogen and oxygen atoms in total. The molecule has 0 aromatic carbocycles.